The number of aromatic nitrogens is 3. The second-order valence-electron chi connectivity index (χ2n) is 7.07. The minimum atomic E-state index is -0.0944. The fourth-order valence-electron chi connectivity index (χ4n) is 3.34. The van der Waals surface area contributed by atoms with Gasteiger partial charge in [0.05, 0.1) is 12.9 Å². The molecule has 4 aromatic rings. The molecule has 0 atom stereocenters. The van der Waals surface area contributed by atoms with E-state index in [-0.39, 0.29) is 11.7 Å². The van der Waals surface area contributed by atoms with Crippen LogP contribution in [0.25, 0.3) is 22.6 Å². The summed E-state index contributed by atoms with van der Waals surface area (Å²) >= 11 is 1.32. The van der Waals surface area contributed by atoms with E-state index in [1.54, 1.807) is 7.11 Å². The first kappa shape index (κ1) is 20.0. The number of thioether (sulfide) groups is 1. The standard InChI is InChI=1S/C22H22N4O3S/c1-13-8-14(2)10-16(9-13)23-19(27)12-30-22-25-24-21(26(22)3)18-11-15-6-5-7-17(28-4)20(15)29-18/h5-11H,12H2,1-4H3,(H,23,27). The van der Waals surface area contributed by atoms with Gasteiger partial charge in [0, 0.05) is 18.1 Å². The van der Waals surface area contributed by atoms with Crippen LogP contribution < -0.4 is 10.1 Å². The number of hydrogen-bond acceptors (Lipinski definition) is 6. The lowest BCUT2D eigenvalue weighted by molar-refractivity contribution is -0.113. The van der Waals surface area contributed by atoms with Gasteiger partial charge in [-0.3, -0.25) is 4.79 Å². The maximum Gasteiger partial charge on any atom is 0.234 e. The summed E-state index contributed by atoms with van der Waals surface area (Å²) in [7, 11) is 3.46. The number of amides is 1. The van der Waals surface area contributed by atoms with Gasteiger partial charge in [0.1, 0.15) is 0 Å². The Bertz CT molecular complexity index is 1210. The molecule has 0 unspecified atom stereocenters. The highest BCUT2D eigenvalue weighted by Crippen LogP contribution is 2.33. The Balaban J connectivity index is 1.48. The molecule has 154 valence electrons. The summed E-state index contributed by atoms with van der Waals surface area (Å²) in [5.74, 6) is 1.98. The summed E-state index contributed by atoms with van der Waals surface area (Å²) in [6, 6.07) is 13.6. The molecule has 0 saturated heterocycles. The number of carbonyl (C=O) groups is 1. The average molecular weight is 423 g/mol. The number of methoxy groups -OCH3 is 1. The maximum atomic E-state index is 12.4. The van der Waals surface area contributed by atoms with E-state index in [1.807, 2.05) is 61.9 Å². The third-order valence-corrected chi connectivity index (χ3v) is 5.64. The number of ether oxygens (including phenoxy) is 1. The van der Waals surface area contributed by atoms with Gasteiger partial charge in [0.15, 0.2) is 28.1 Å². The minimum absolute atomic E-state index is 0.0944. The van der Waals surface area contributed by atoms with Crippen molar-refractivity contribution >= 4 is 34.3 Å². The molecule has 0 aliphatic rings. The highest BCUT2D eigenvalue weighted by atomic mass is 32.2. The number of fused-ring (bicyclic) bond motifs is 1. The van der Waals surface area contributed by atoms with E-state index in [4.69, 9.17) is 9.15 Å². The zero-order chi connectivity index (χ0) is 21.3. The van der Waals surface area contributed by atoms with E-state index in [0.717, 1.165) is 22.2 Å². The minimum Gasteiger partial charge on any atom is -0.493 e. The molecular formula is C22H22N4O3S. The molecule has 0 fully saturated rings. The Morgan fingerprint density at radius 2 is 1.93 bits per heavy atom. The Morgan fingerprint density at radius 1 is 1.17 bits per heavy atom. The summed E-state index contributed by atoms with van der Waals surface area (Å²) in [4.78, 5) is 12.4. The Hall–Kier alpha value is -3.26. The van der Waals surface area contributed by atoms with Crippen molar-refractivity contribution in [2.75, 3.05) is 18.2 Å². The van der Waals surface area contributed by atoms with Gasteiger partial charge in [0.2, 0.25) is 5.91 Å². The predicted molar refractivity (Wildman–Crippen MR) is 118 cm³/mol. The monoisotopic (exact) mass is 422 g/mol. The number of rotatable bonds is 6. The molecule has 1 amide bonds. The van der Waals surface area contributed by atoms with Crippen molar-refractivity contribution in [1.82, 2.24) is 14.8 Å². The van der Waals surface area contributed by atoms with Crippen LogP contribution in [0.2, 0.25) is 0 Å². The maximum absolute atomic E-state index is 12.4. The number of hydrogen-bond donors (Lipinski definition) is 1. The topological polar surface area (TPSA) is 82.2 Å². The number of carbonyl (C=O) groups excluding carboxylic acids is 1. The molecule has 2 aromatic heterocycles. The van der Waals surface area contributed by atoms with Gasteiger partial charge in [-0.05, 0) is 49.2 Å². The van der Waals surface area contributed by atoms with Crippen molar-refractivity contribution < 1.29 is 13.9 Å². The molecule has 2 aromatic carbocycles. The highest BCUT2D eigenvalue weighted by molar-refractivity contribution is 7.99. The van der Waals surface area contributed by atoms with Crippen molar-refractivity contribution in [2.45, 2.75) is 19.0 Å². The van der Waals surface area contributed by atoms with E-state index in [1.165, 1.54) is 11.8 Å². The zero-order valence-electron chi connectivity index (χ0n) is 17.2. The molecule has 0 radical (unpaired) electrons. The van der Waals surface area contributed by atoms with Gasteiger partial charge in [-0.15, -0.1) is 10.2 Å². The largest absolute Gasteiger partial charge is 0.493 e. The molecule has 0 spiro atoms. The Labute approximate surface area is 178 Å². The number of nitrogens with zero attached hydrogens (tertiary/aromatic N) is 3. The number of anilines is 1. The Kier molecular flexibility index (Phi) is 5.50. The molecule has 0 aliphatic heterocycles. The molecule has 8 heteroatoms. The Morgan fingerprint density at radius 3 is 2.67 bits per heavy atom. The van der Waals surface area contributed by atoms with Crippen molar-refractivity contribution in [3.05, 3.63) is 53.6 Å². The van der Waals surface area contributed by atoms with Crippen LogP contribution >= 0.6 is 11.8 Å². The second kappa shape index (κ2) is 8.23. The van der Waals surface area contributed by atoms with Crippen LogP contribution in [0, 0.1) is 13.8 Å². The van der Waals surface area contributed by atoms with Crippen molar-refractivity contribution in [3.63, 3.8) is 0 Å². The molecule has 2 heterocycles. The van der Waals surface area contributed by atoms with E-state index in [2.05, 4.69) is 21.6 Å². The van der Waals surface area contributed by atoms with E-state index < -0.39 is 0 Å². The SMILES string of the molecule is COc1cccc2cc(-c3nnc(SCC(=O)Nc4cc(C)cc(C)c4)n3C)oc12. The van der Waals surface area contributed by atoms with Crippen LogP contribution in [0.5, 0.6) is 5.75 Å². The van der Waals surface area contributed by atoms with Gasteiger partial charge in [-0.2, -0.15) is 0 Å². The van der Waals surface area contributed by atoms with Gasteiger partial charge >= 0.3 is 0 Å². The fourth-order valence-corrected chi connectivity index (χ4v) is 4.05. The van der Waals surface area contributed by atoms with Crippen molar-refractivity contribution in [1.29, 1.82) is 0 Å². The van der Waals surface area contributed by atoms with Crippen molar-refractivity contribution in [3.8, 4) is 17.3 Å². The molecule has 0 aliphatic carbocycles. The molecule has 0 bridgehead atoms. The molecular weight excluding hydrogens is 400 g/mol. The van der Waals surface area contributed by atoms with E-state index in [9.17, 15) is 4.79 Å². The summed E-state index contributed by atoms with van der Waals surface area (Å²) in [5.41, 5.74) is 3.68. The molecule has 30 heavy (non-hydrogen) atoms. The number of aryl methyl sites for hydroxylation is 2. The number of benzene rings is 2. The van der Waals surface area contributed by atoms with Gasteiger partial charge in [-0.1, -0.05) is 30.0 Å². The van der Waals surface area contributed by atoms with E-state index in [0.29, 0.717) is 28.1 Å². The molecule has 4 rings (SSSR count). The third-order valence-electron chi connectivity index (χ3n) is 4.62. The number of nitrogens with one attached hydrogen (secondary N) is 1. The van der Waals surface area contributed by atoms with Crippen LogP contribution in [0.3, 0.4) is 0 Å². The smallest absolute Gasteiger partial charge is 0.234 e. The number of para-hydroxylation sites is 1. The summed E-state index contributed by atoms with van der Waals surface area (Å²) in [6.07, 6.45) is 0. The fraction of sp³-hybridized carbons (Fsp3) is 0.227. The van der Waals surface area contributed by atoms with Gasteiger partial charge < -0.3 is 19.0 Å². The van der Waals surface area contributed by atoms with Crippen LogP contribution in [0.4, 0.5) is 5.69 Å². The van der Waals surface area contributed by atoms with Crippen molar-refractivity contribution in [2.24, 2.45) is 7.05 Å². The lowest BCUT2D eigenvalue weighted by Gasteiger charge is -2.07. The summed E-state index contributed by atoms with van der Waals surface area (Å²) in [5, 5.41) is 13.0. The van der Waals surface area contributed by atoms with Crippen LogP contribution in [0.15, 0.2) is 52.0 Å². The van der Waals surface area contributed by atoms with Crippen LogP contribution in [-0.4, -0.2) is 33.5 Å². The predicted octanol–water partition coefficient (Wildman–Crippen LogP) is 4.58. The zero-order valence-corrected chi connectivity index (χ0v) is 18.0. The highest BCUT2D eigenvalue weighted by Gasteiger charge is 2.18. The van der Waals surface area contributed by atoms with Crippen LogP contribution in [0.1, 0.15) is 11.1 Å². The normalized spacial score (nSPS) is 11.1. The first-order valence-corrected chi connectivity index (χ1v) is 10.4. The number of furan rings is 1. The lowest BCUT2D eigenvalue weighted by atomic mass is 10.1. The first-order chi connectivity index (χ1) is 14.4. The van der Waals surface area contributed by atoms with E-state index >= 15 is 0 Å². The first-order valence-electron chi connectivity index (χ1n) is 9.42. The molecule has 0 saturated carbocycles. The summed E-state index contributed by atoms with van der Waals surface area (Å²) < 4.78 is 13.1. The second-order valence-corrected chi connectivity index (χ2v) is 8.01. The van der Waals surface area contributed by atoms with Gasteiger partial charge in [0.25, 0.3) is 0 Å². The summed E-state index contributed by atoms with van der Waals surface area (Å²) in [6.45, 7) is 4.01. The third kappa shape index (κ3) is 4.04. The molecule has 7 nitrogen and oxygen atoms in total. The molecule has 1 N–H and O–H groups in total. The average Bonchev–Trinajstić information content (AvgIpc) is 3.28. The quantitative estimate of drug-likeness (QED) is 0.458. The van der Waals surface area contributed by atoms with Crippen LogP contribution in [-0.2, 0) is 11.8 Å². The lowest BCUT2D eigenvalue weighted by Crippen LogP contribution is -2.14. The van der Waals surface area contributed by atoms with Gasteiger partial charge in [-0.25, -0.2) is 0 Å².